The lowest BCUT2D eigenvalue weighted by atomic mass is 10.3. The molecular weight excluding hydrogens is 290 g/mol. The van der Waals surface area contributed by atoms with E-state index in [0.717, 1.165) is 11.4 Å². The van der Waals surface area contributed by atoms with E-state index in [2.05, 4.69) is 15.5 Å². The van der Waals surface area contributed by atoms with Crippen molar-refractivity contribution in [1.29, 1.82) is 0 Å². The zero-order valence-corrected chi connectivity index (χ0v) is 12.8. The molecule has 116 valence electrons. The van der Waals surface area contributed by atoms with Gasteiger partial charge in [0.25, 0.3) is 5.91 Å². The molecule has 1 amide bonds. The number of aromatic nitrogens is 4. The second-order valence-electron chi connectivity index (χ2n) is 5.77. The molecule has 1 aromatic carbocycles. The molecule has 0 unspecified atom stereocenters. The van der Waals surface area contributed by atoms with E-state index in [4.69, 9.17) is 0 Å². The van der Waals surface area contributed by atoms with Crippen molar-refractivity contribution in [3.05, 3.63) is 60.0 Å². The van der Waals surface area contributed by atoms with Crippen LogP contribution in [0.15, 0.2) is 48.7 Å². The van der Waals surface area contributed by atoms with Gasteiger partial charge in [-0.1, -0.05) is 18.2 Å². The monoisotopic (exact) mass is 307 g/mol. The number of carbonyl (C=O) groups is 1. The maximum Gasteiger partial charge on any atom is 0.275 e. The van der Waals surface area contributed by atoms with Crippen LogP contribution < -0.4 is 5.32 Å². The molecular formula is C17H17N5O. The number of benzene rings is 1. The molecule has 0 saturated heterocycles. The molecule has 1 fully saturated rings. The molecule has 1 aliphatic carbocycles. The molecule has 1 N–H and O–H groups in total. The molecule has 2 aromatic heterocycles. The number of nitrogens with zero attached hydrogens (tertiary/aromatic N) is 4. The number of para-hydroxylation sites is 1. The highest BCUT2D eigenvalue weighted by atomic mass is 16.2. The van der Waals surface area contributed by atoms with Gasteiger partial charge in [-0.2, -0.15) is 10.2 Å². The zero-order chi connectivity index (χ0) is 15.8. The van der Waals surface area contributed by atoms with Crippen molar-refractivity contribution < 1.29 is 4.79 Å². The summed E-state index contributed by atoms with van der Waals surface area (Å²) in [4.78, 5) is 12.5. The molecule has 1 aliphatic rings. The number of nitrogens with one attached hydrogen (secondary N) is 1. The molecule has 23 heavy (non-hydrogen) atoms. The standard InChI is InChI=1S/C17H17N5O/c1-21-15(9-10-18-21)17(23)19-16-11-14(12-7-8-12)20-22(16)13-5-3-2-4-6-13/h2-6,9-12H,7-8H2,1H3,(H,19,23). The first-order chi connectivity index (χ1) is 11.2. The highest BCUT2D eigenvalue weighted by Crippen LogP contribution is 2.40. The third kappa shape index (κ3) is 2.63. The Kier molecular flexibility index (Phi) is 3.22. The number of rotatable bonds is 4. The van der Waals surface area contributed by atoms with E-state index >= 15 is 0 Å². The fourth-order valence-electron chi connectivity index (χ4n) is 2.61. The van der Waals surface area contributed by atoms with Crippen molar-refractivity contribution in [2.24, 2.45) is 7.05 Å². The topological polar surface area (TPSA) is 64.7 Å². The molecule has 0 atom stereocenters. The summed E-state index contributed by atoms with van der Waals surface area (Å²) < 4.78 is 3.35. The Morgan fingerprint density at radius 1 is 1.22 bits per heavy atom. The largest absolute Gasteiger partial charge is 0.305 e. The van der Waals surface area contributed by atoms with Crippen LogP contribution in [0.4, 0.5) is 5.82 Å². The van der Waals surface area contributed by atoms with E-state index in [9.17, 15) is 4.79 Å². The normalized spacial score (nSPS) is 14.0. The summed E-state index contributed by atoms with van der Waals surface area (Å²) in [6.45, 7) is 0. The number of hydrogen-bond acceptors (Lipinski definition) is 3. The van der Waals surface area contributed by atoms with Gasteiger partial charge in [-0.3, -0.25) is 9.48 Å². The quantitative estimate of drug-likeness (QED) is 0.806. The van der Waals surface area contributed by atoms with Crippen molar-refractivity contribution in [3.8, 4) is 5.69 Å². The lowest BCUT2D eigenvalue weighted by Crippen LogP contribution is -2.18. The van der Waals surface area contributed by atoms with Crippen molar-refractivity contribution in [2.45, 2.75) is 18.8 Å². The van der Waals surface area contributed by atoms with Gasteiger partial charge in [0.1, 0.15) is 11.5 Å². The van der Waals surface area contributed by atoms with Crippen molar-refractivity contribution >= 4 is 11.7 Å². The van der Waals surface area contributed by atoms with Gasteiger partial charge in [0.2, 0.25) is 0 Å². The summed E-state index contributed by atoms with van der Waals surface area (Å²) in [7, 11) is 1.75. The SMILES string of the molecule is Cn1nccc1C(=O)Nc1cc(C2CC2)nn1-c1ccccc1. The van der Waals surface area contributed by atoms with Gasteiger partial charge in [-0.05, 0) is 31.0 Å². The van der Waals surface area contributed by atoms with Gasteiger partial charge in [0.05, 0.1) is 11.4 Å². The van der Waals surface area contributed by atoms with Crippen molar-refractivity contribution in [2.75, 3.05) is 5.32 Å². The second kappa shape index (κ2) is 5.39. The molecule has 0 bridgehead atoms. The minimum Gasteiger partial charge on any atom is -0.305 e. The Morgan fingerprint density at radius 3 is 2.65 bits per heavy atom. The second-order valence-corrected chi connectivity index (χ2v) is 5.77. The maximum absolute atomic E-state index is 12.5. The molecule has 6 heteroatoms. The van der Waals surface area contributed by atoms with Crippen molar-refractivity contribution in [1.82, 2.24) is 19.6 Å². The van der Waals surface area contributed by atoms with Gasteiger partial charge < -0.3 is 5.32 Å². The molecule has 1 saturated carbocycles. The fourth-order valence-corrected chi connectivity index (χ4v) is 2.61. The Labute approximate surface area is 133 Å². The van der Waals surface area contributed by atoms with Crippen LogP contribution in [0.3, 0.4) is 0 Å². The van der Waals surface area contributed by atoms with Crippen LogP contribution in [0.2, 0.25) is 0 Å². The number of aryl methyl sites for hydroxylation is 1. The Balaban J connectivity index is 1.69. The molecule has 3 aromatic rings. The first-order valence-electron chi connectivity index (χ1n) is 7.67. The van der Waals surface area contributed by atoms with Gasteiger partial charge in [-0.25, -0.2) is 4.68 Å². The van der Waals surface area contributed by atoms with Crippen molar-refractivity contribution in [3.63, 3.8) is 0 Å². The van der Waals surface area contributed by atoms with Gasteiger partial charge in [-0.15, -0.1) is 0 Å². The number of amides is 1. The summed E-state index contributed by atoms with van der Waals surface area (Å²) in [5, 5.41) is 11.7. The smallest absolute Gasteiger partial charge is 0.275 e. The number of carbonyl (C=O) groups excluding carboxylic acids is 1. The van der Waals surface area contributed by atoms with Crippen LogP contribution in [-0.4, -0.2) is 25.5 Å². The van der Waals surface area contributed by atoms with Gasteiger partial charge >= 0.3 is 0 Å². The van der Waals surface area contributed by atoms with Crippen LogP contribution in [0.25, 0.3) is 5.69 Å². The van der Waals surface area contributed by atoms with Crippen LogP contribution in [0.1, 0.15) is 34.9 Å². The Hall–Kier alpha value is -2.89. The van der Waals surface area contributed by atoms with E-state index < -0.39 is 0 Å². The zero-order valence-electron chi connectivity index (χ0n) is 12.8. The van der Waals surface area contributed by atoms with Crippen LogP contribution >= 0.6 is 0 Å². The average Bonchev–Trinajstić information content (AvgIpc) is 3.19. The average molecular weight is 307 g/mol. The lowest BCUT2D eigenvalue weighted by molar-refractivity contribution is 0.101. The van der Waals surface area contributed by atoms with Gasteiger partial charge in [0, 0.05) is 25.2 Å². The summed E-state index contributed by atoms with van der Waals surface area (Å²) >= 11 is 0. The van der Waals surface area contributed by atoms with E-state index in [1.54, 1.807) is 28.7 Å². The number of hydrogen-bond donors (Lipinski definition) is 1. The van der Waals surface area contributed by atoms with E-state index in [1.807, 2.05) is 36.4 Å². The summed E-state index contributed by atoms with van der Waals surface area (Å²) in [6.07, 6.45) is 3.95. The lowest BCUT2D eigenvalue weighted by Gasteiger charge is -2.08. The third-order valence-electron chi connectivity index (χ3n) is 4.02. The summed E-state index contributed by atoms with van der Waals surface area (Å²) in [5.74, 6) is 1.01. The first kappa shape index (κ1) is 13.8. The molecule has 0 radical (unpaired) electrons. The molecule has 6 nitrogen and oxygen atoms in total. The van der Waals surface area contributed by atoms with E-state index in [0.29, 0.717) is 17.4 Å². The third-order valence-corrected chi connectivity index (χ3v) is 4.02. The van der Waals surface area contributed by atoms with E-state index in [1.165, 1.54) is 12.8 Å². The first-order valence-corrected chi connectivity index (χ1v) is 7.67. The molecule has 4 rings (SSSR count). The maximum atomic E-state index is 12.5. The predicted molar refractivity (Wildman–Crippen MR) is 86.7 cm³/mol. The van der Waals surface area contributed by atoms with Crippen LogP contribution in [-0.2, 0) is 7.05 Å². The van der Waals surface area contributed by atoms with Gasteiger partial charge in [0.15, 0.2) is 0 Å². The molecule has 2 heterocycles. The highest BCUT2D eigenvalue weighted by Gasteiger charge is 2.28. The van der Waals surface area contributed by atoms with E-state index in [-0.39, 0.29) is 5.91 Å². The van der Waals surface area contributed by atoms with Crippen LogP contribution in [0, 0.1) is 0 Å². The minimum atomic E-state index is -0.190. The predicted octanol–water partition coefficient (Wildman–Crippen LogP) is 2.74. The minimum absolute atomic E-state index is 0.190. The fraction of sp³-hybridized carbons (Fsp3) is 0.235. The molecule has 0 aliphatic heterocycles. The summed E-state index contributed by atoms with van der Waals surface area (Å²) in [5.41, 5.74) is 2.48. The molecule has 0 spiro atoms. The summed E-state index contributed by atoms with van der Waals surface area (Å²) in [6, 6.07) is 13.5. The highest BCUT2D eigenvalue weighted by molar-refractivity contribution is 6.02. The number of anilines is 1. The Bertz CT molecular complexity index is 845. The Morgan fingerprint density at radius 2 is 2.00 bits per heavy atom. The van der Waals surface area contributed by atoms with Crippen LogP contribution in [0.5, 0.6) is 0 Å².